The van der Waals surface area contributed by atoms with Crippen LogP contribution >= 0.6 is 0 Å². The van der Waals surface area contributed by atoms with Gasteiger partial charge in [-0.3, -0.25) is 4.79 Å². The predicted molar refractivity (Wildman–Crippen MR) is 119 cm³/mol. The Bertz CT molecular complexity index is 1250. The zero-order chi connectivity index (χ0) is 24.1. The number of alkyl halides is 2. The number of pyridine rings is 1. The number of aromatic nitrogens is 1. The van der Waals surface area contributed by atoms with Crippen molar-refractivity contribution < 1.29 is 27.8 Å². The Kier molecular flexibility index (Phi) is 6.68. The molecule has 1 amide bonds. The third-order valence-corrected chi connectivity index (χ3v) is 5.70. The van der Waals surface area contributed by atoms with Crippen molar-refractivity contribution >= 4 is 22.8 Å². The Morgan fingerprint density at radius 2 is 1.82 bits per heavy atom. The Labute approximate surface area is 194 Å². The first-order chi connectivity index (χ1) is 16.4. The van der Waals surface area contributed by atoms with E-state index in [1.807, 2.05) is 0 Å². The van der Waals surface area contributed by atoms with Crippen molar-refractivity contribution in [3.63, 3.8) is 0 Å². The fourth-order valence-corrected chi connectivity index (χ4v) is 4.05. The molecule has 9 heteroatoms. The Morgan fingerprint density at radius 3 is 2.50 bits per heavy atom. The van der Waals surface area contributed by atoms with Crippen LogP contribution in [0.25, 0.3) is 22.2 Å². The Morgan fingerprint density at radius 1 is 1.12 bits per heavy atom. The van der Waals surface area contributed by atoms with Crippen molar-refractivity contribution in [3.05, 3.63) is 60.2 Å². The highest BCUT2D eigenvalue weighted by molar-refractivity contribution is 6.05. The largest absolute Gasteiger partial charge is 0.452 e. The van der Waals surface area contributed by atoms with Gasteiger partial charge >= 0.3 is 12.6 Å². The van der Waals surface area contributed by atoms with Crippen molar-refractivity contribution in [1.82, 2.24) is 10.3 Å². The van der Waals surface area contributed by atoms with Gasteiger partial charge in [-0.05, 0) is 62.1 Å². The van der Waals surface area contributed by atoms with Crippen LogP contribution in [0.3, 0.4) is 0 Å². The number of halogens is 2. The lowest BCUT2D eigenvalue weighted by Gasteiger charge is -2.21. The van der Waals surface area contributed by atoms with E-state index in [0.717, 1.165) is 12.8 Å². The summed E-state index contributed by atoms with van der Waals surface area (Å²) in [6.07, 6.45) is 2.86. The van der Waals surface area contributed by atoms with Gasteiger partial charge in [-0.15, -0.1) is 0 Å². The molecule has 2 aromatic carbocycles. The number of hydrogen-bond acceptors (Lipinski definition) is 6. The summed E-state index contributed by atoms with van der Waals surface area (Å²) in [7, 11) is 0. The molecule has 0 spiro atoms. The maximum Gasteiger partial charge on any atom is 0.387 e. The third kappa shape index (κ3) is 5.12. The number of hydrogen-bond donors (Lipinski definition) is 1. The molecule has 0 atom stereocenters. The maximum absolute atomic E-state index is 12.9. The zero-order valence-corrected chi connectivity index (χ0v) is 18.1. The van der Waals surface area contributed by atoms with E-state index in [1.54, 1.807) is 36.4 Å². The van der Waals surface area contributed by atoms with Gasteiger partial charge < -0.3 is 14.8 Å². The minimum absolute atomic E-state index is 0.00240. The lowest BCUT2D eigenvalue weighted by atomic mass is 10.00. The number of fused-ring (bicyclic) bond motifs is 1. The van der Waals surface area contributed by atoms with E-state index in [-0.39, 0.29) is 11.3 Å². The molecule has 0 saturated heterocycles. The van der Waals surface area contributed by atoms with Crippen molar-refractivity contribution in [3.8, 4) is 23.1 Å². The number of esters is 1. The molecule has 0 unspecified atom stereocenters. The summed E-state index contributed by atoms with van der Waals surface area (Å²) in [6, 6.07) is 16.5. The number of carbonyl (C=O) groups is 2. The summed E-state index contributed by atoms with van der Waals surface area (Å²) in [4.78, 5) is 29.8. The molecule has 1 saturated carbocycles. The molecule has 1 aliphatic carbocycles. The van der Waals surface area contributed by atoms with Crippen LogP contribution < -0.4 is 10.1 Å². The van der Waals surface area contributed by atoms with Gasteiger partial charge in [0.25, 0.3) is 5.91 Å². The van der Waals surface area contributed by atoms with Gasteiger partial charge in [0, 0.05) is 10.9 Å². The number of nitriles is 1. The van der Waals surface area contributed by atoms with Crippen molar-refractivity contribution in [2.45, 2.75) is 37.8 Å². The number of benzene rings is 2. The van der Waals surface area contributed by atoms with Crippen LogP contribution in [0, 0.1) is 11.3 Å². The highest BCUT2D eigenvalue weighted by atomic mass is 19.3. The first kappa shape index (κ1) is 23.1. The van der Waals surface area contributed by atoms with Gasteiger partial charge in [0.05, 0.1) is 22.8 Å². The fourth-order valence-electron chi connectivity index (χ4n) is 4.05. The highest BCUT2D eigenvalue weighted by Gasteiger charge is 2.35. The standard InChI is InChI=1S/C25H21F2N3O4/c26-24(27)34-17-9-7-16(8-10-17)21-13-19(18-5-1-2-6-20(18)29-21)23(32)33-14-22(31)30-25(15-28)11-3-4-12-25/h1-2,5-10,13,24H,3-4,11-12,14H2,(H,30,31). The molecule has 0 aliphatic heterocycles. The van der Waals surface area contributed by atoms with Crippen molar-refractivity contribution in [2.75, 3.05) is 6.61 Å². The number of carbonyl (C=O) groups excluding carboxylic acids is 2. The first-order valence-electron chi connectivity index (χ1n) is 10.7. The SMILES string of the molecule is N#CC1(NC(=O)COC(=O)c2cc(-c3ccc(OC(F)F)cc3)nc3ccccc23)CCCC1. The number of nitrogens with one attached hydrogen (secondary N) is 1. The topological polar surface area (TPSA) is 101 Å². The molecule has 1 aromatic heterocycles. The molecule has 7 nitrogen and oxygen atoms in total. The number of para-hydroxylation sites is 1. The second-order valence-corrected chi connectivity index (χ2v) is 8.00. The molecule has 3 aromatic rings. The second-order valence-electron chi connectivity index (χ2n) is 8.00. The van der Waals surface area contributed by atoms with Crippen LogP contribution in [0.15, 0.2) is 54.6 Å². The molecular formula is C25H21F2N3O4. The summed E-state index contributed by atoms with van der Waals surface area (Å²) in [5, 5.41) is 12.6. The first-order valence-corrected chi connectivity index (χ1v) is 10.7. The number of ether oxygens (including phenoxy) is 2. The van der Waals surface area contributed by atoms with Gasteiger partial charge in [-0.2, -0.15) is 14.0 Å². The van der Waals surface area contributed by atoms with Crippen LogP contribution in [0.2, 0.25) is 0 Å². The van der Waals surface area contributed by atoms with E-state index >= 15 is 0 Å². The van der Waals surface area contributed by atoms with E-state index in [9.17, 15) is 23.6 Å². The van der Waals surface area contributed by atoms with Gasteiger partial charge in [0.2, 0.25) is 0 Å². The number of nitrogens with zero attached hydrogens (tertiary/aromatic N) is 2. The van der Waals surface area contributed by atoms with Crippen LogP contribution in [-0.4, -0.2) is 35.6 Å². The quantitative estimate of drug-likeness (QED) is 0.511. The molecule has 1 N–H and O–H groups in total. The Balaban J connectivity index is 1.55. The van der Waals surface area contributed by atoms with Gasteiger partial charge in [0.15, 0.2) is 6.61 Å². The van der Waals surface area contributed by atoms with E-state index in [0.29, 0.717) is 35.0 Å². The molecule has 4 rings (SSSR count). The molecule has 0 bridgehead atoms. The second kappa shape index (κ2) is 9.83. The average Bonchev–Trinajstić information content (AvgIpc) is 3.30. The van der Waals surface area contributed by atoms with E-state index in [1.165, 1.54) is 18.2 Å². The van der Waals surface area contributed by atoms with E-state index in [2.05, 4.69) is 21.1 Å². The zero-order valence-electron chi connectivity index (χ0n) is 18.1. The molecule has 1 aliphatic rings. The van der Waals surface area contributed by atoms with Crippen LogP contribution in [0.5, 0.6) is 5.75 Å². The van der Waals surface area contributed by atoms with E-state index in [4.69, 9.17) is 4.74 Å². The summed E-state index contributed by atoms with van der Waals surface area (Å²) in [5.41, 5.74) is 0.834. The van der Waals surface area contributed by atoms with Crippen LogP contribution in [0.4, 0.5) is 8.78 Å². The Hall–Kier alpha value is -4.06. The monoisotopic (exact) mass is 465 g/mol. The maximum atomic E-state index is 12.9. The summed E-state index contributed by atoms with van der Waals surface area (Å²) >= 11 is 0. The minimum Gasteiger partial charge on any atom is -0.452 e. The molecule has 34 heavy (non-hydrogen) atoms. The van der Waals surface area contributed by atoms with Gasteiger partial charge in [-0.1, -0.05) is 18.2 Å². The molecule has 1 fully saturated rings. The molecule has 0 radical (unpaired) electrons. The van der Waals surface area contributed by atoms with Gasteiger partial charge in [0.1, 0.15) is 11.3 Å². The molecular weight excluding hydrogens is 444 g/mol. The minimum atomic E-state index is -2.93. The summed E-state index contributed by atoms with van der Waals surface area (Å²) < 4.78 is 34.5. The van der Waals surface area contributed by atoms with Crippen molar-refractivity contribution in [2.24, 2.45) is 0 Å². The lowest BCUT2D eigenvalue weighted by molar-refractivity contribution is -0.125. The molecule has 174 valence electrons. The normalized spacial score (nSPS) is 14.5. The predicted octanol–water partition coefficient (Wildman–Crippen LogP) is 4.61. The number of amides is 1. The van der Waals surface area contributed by atoms with Crippen LogP contribution in [-0.2, 0) is 9.53 Å². The van der Waals surface area contributed by atoms with Crippen LogP contribution in [0.1, 0.15) is 36.0 Å². The fraction of sp³-hybridized carbons (Fsp3) is 0.280. The van der Waals surface area contributed by atoms with Crippen molar-refractivity contribution in [1.29, 1.82) is 5.26 Å². The smallest absolute Gasteiger partial charge is 0.387 e. The lowest BCUT2D eigenvalue weighted by Crippen LogP contribution is -2.46. The highest BCUT2D eigenvalue weighted by Crippen LogP contribution is 2.29. The average molecular weight is 465 g/mol. The summed E-state index contributed by atoms with van der Waals surface area (Å²) in [6.45, 7) is -3.45. The third-order valence-electron chi connectivity index (χ3n) is 5.70. The summed E-state index contributed by atoms with van der Waals surface area (Å²) in [5.74, 6) is -1.25. The number of rotatable bonds is 7. The van der Waals surface area contributed by atoms with E-state index < -0.39 is 30.6 Å². The molecule has 1 heterocycles. The van der Waals surface area contributed by atoms with Gasteiger partial charge in [-0.25, -0.2) is 9.78 Å².